The third kappa shape index (κ3) is 6.03. The average molecular weight is 253 g/mol. The maximum absolute atomic E-state index is 11.7. The lowest BCUT2D eigenvalue weighted by molar-refractivity contribution is 0.439. The van der Waals surface area contributed by atoms with Crippen molar-refractivity contribution in [3.05, 3.63) is 0 Å². The summed E-state index contributed by atoms with van der Waals surface area (Å²) in [6, 6.07) is 0. The van der Waals surface area contributed by atoms with Crippen LogP contribution in [0.3, 0.4) is 0 Å². The van der Waals surface area contributed by atoms with Crippen molar-refractivity contribution >= 4 is 27.4 Å². The van der Waals surface area contributed by atoms with Gasteiger partial charge in [-0.15, -0.1) is 0 Å². The van der Waals surface area contributed by atoms with Crippen LogP contribution in [-0.2, 0) is 10.2 Å². The van der Waals surface area contributed by atoms with Gasteiger partial charge in [-0.25, -0.2) is 4.72 Å². The third-order valence-electron chi connectivity index (χ3n) is 1.68. The first-order valence-electron chi connectivity index (χ1n) is 4.97. The van der Waals surface area contributed by atoms with Gasteiger partial charge >= 0.3 is 0 Å². The number of thiocarbonyl (C=S) groups is 1. The van der Waals surface area contributed by atoms with E-state index in [1.165, 1.54) is 4.31 Å². The monoisotopic (exact) mass is 253 g/mol. The second kappa shape index (κ2) is 7.10. The molecule has 0 rings (SSSR count). The molecule has 0 aromatic carbocycles. The van der Waals surface area contributed by atoms with Crippen molar-refractivity contribution in [2.24, 2.45) is 5.73 Å². The number of hydrogen-bond acceptors (Lipinski definition) is 3. The Morgan fingerprint density at radius 2 is 2.00 bits per heavy atom. The Labute approximate surface area is 97.2 Å². The van der Waals surface area contributed by atoms with Gasteiger partial charge in [-0.2, -0.15) is 12.7 Å². The van der Waals surface area contributed by atoms with E-state index in [9.17, 15) is 8.42 Å². The van der Waals surface area contributed by atoms with Gasteiger partial charge in [0.15, 0.2) is 0 Å². The molecule has 0 aromatic heterocycles. The summed E-state index contributed by atoms with van der Waals surface area (Å²) in [6.07, 6.45) is 1.49. The molecule has 5 nitrogen and oxygen atoms in total. The van der Waals surface area contributed by atoms with Crippen LogP contribution < -0.4 is 10.5 Å². The Morgan fingerprint density at radius 3 is 2.40 bits per heavy atom. The maximum atomic E-state index is 11.7. The first-order valence-corrected chi connectivity index (χ1v) is 6.81. The molecule has 0 saturated heterocycles. The van der Waals surface area contributed by atoms with Crippen LogP contribution in [0.15, 0.2) is 0 Å². The molecule has 3 N–H and O–H groups in total. The topological polar surface area (TPSA) is 75.4 Å². The highest BCUT2D eigenvalue weighted by atomic mass is 32.2. The second-order valence-corrected chi connectivity index (χ2v) is 5.48. The fraction of sp³-hybridized carbons (Fsp3) is 0.875. The normalized spacial score (nSPS) is 11.9. The van der Waals surface area contributed by atoms with Crippen LogP contribution in [0.5, 0.6) is 0 Å². The zero-order valence-corrected chi connectivity index (χ0v) is 10.8. The summed E-state index contributed by atoms with van der Waals surface area (Å²) < 4.78 is 27.2. The summed E-state index contributed by atoms with van der Waals surface area (Å²) >= 11 is 4.71. The van der Waals surface area contributed by atoms with E-state index in [1.807, 2.05) is 13.8 Å². The molecule has 0 atom stereocenters. The van der Waals surface area contributed by atoms with Crippen molar-refractivity contribution in [1.82, 2.24) is 9.03 Å². The van der Waals surface area contributed by atoms with Gasteiger partial charge in [0, 0.05) is 13.1 Å². The van der Waals surface area contributed by atoms with Crippen molar-refractivity contribution in [3.63, 3.8) is 0 Å². The van der Waals surface area contributed by atoms with Crippen molar-refractivity contribution in [2.75, 3.05) is 19.6 Å². The van der Waals surface area contributed by atoms with Crippen molar-refractivity contribution in [3.8, 4) is 0 Å². The van der Waals surface area contributed by atoms with Gasteiger partial charge in [0.1, 0.15) is 0 Å². The molecule has 0 saturated carbocycles. The second-order valence-electron chi connectivity index (χ2n) is 3.20. The molecule has 7 heteroatoms. The van der Waals surface area contributed by atoms with Gasteiger partial charge in [0.05, 0.1) is 11.5 Å². The number of nitrogens with zero attached hydrogens (tertiary/aromatic N) is 1. The molecular weight excluding hydrogens is 234 g/mol. The van der Waals surface area contributed by atoms with Crippen LogP contribution in [0.4, 0.5) is 0 Å². The van der Waals surface area contributed by atoms with Crippen LogP contribution in [0.2, 0.25) is 0 Å². The Balaban J connectivity index is 4.51. The smallest absolute Gasteiger partial charge is 0.279 e. The van der Waals surface area contributed by atoms with Crippen molar-refractivity contribution < 1.29 is 8.42 Å². The van der Waals surface area contributed by atoms with Crippen LogP contribution in [-0.4, -0.2) is 37.3 Å². The first kappa shape index (κ1) is 14.8. The molecule has 15 heavy (non-hydrogen) atoms. The fourth-order valence-electron chi connectivity index (χ4n) is 1.03. The predicted octanol–water partition coefficient (Wildman–Crippen LogP) is 0.229. The average Bonchev–Trinajstić information content (AvgIpc) is 2.13. The first-order chi connectivity index (χ1) is 6.94. The lowest BCUT2D eigenvalue weighted by Gasteiger charge is -2.20. The molecule has 0 radical (unpaired) electrons. The highest BCUT2D eigenvalue weighted by Crippen LogP contribution is 1.99. The molecule has 0 heterocycles. The molecule has 0 bridgehead atoms. The molecule has 0 unspecified atom stereocenters. The van der Waals surface area contributed by atoms with Gasteiger partial charge in [-0.05, 0) is 12.8 Å². The van der Waals surface area contributed by atoms with Crippen LogP contribution in [0.25, 0.3) is 0 Å². The molecule has 0 aliphatic rings. The lowest BCUT2D eigenvalue weighted by Crippen LogP contribution is -2.45. The highest BCUT2D eigenvalue weighted by molar-refractivity contribution is 7.87. The van der Waals surface area contributed by atoms with Gasteiger partial charge in [-0.3, -0.25) is 0 Å². The SMILES string of the molecule is CCCNS(=O)(=O)N(CCC)CC(N)=S. The minimum absolute atomic E-state index is 0.0994. The highest BCUT2D eigenvalue weighted by Gasteiger charge is 2.20. The van der Waals surface area contributed by atoms with Gasteiger partial charge in [0.2, 0.25) is 0 Å². The van der Waals surface area contributed by atoms with Crippen molar-refractivity contribution in [1.29, 1.82) is 0 Å². The van der Waals surface area contributed by atoms with Crippen LogP contribution in [0.1, 0.15) is 26.7 Å². The summed E-state index contributed by atoms with van der Waals surface area (Å²) in [4.78, 5) is 0.185. The summed E-state index contributed by atoms with van der Waals surface area (Å²) in [6.45, 7) is 4.76. The Hall–Kier alpha value is -0.240. The molecule has 0 fully saturated rings. The van der Waals surface area contributed by atoms with E-state index in [2.05, 4.69) is 4.72 Å². The largest absolute Gasteiger partial charge is 0.392 e. The quantitative estimate of drug-likeness (QED) is 0.607. The fourth-order valence-corrected chi connectivity index (χ4v) is 2.64. The minimum Gasteiger partial charge on any atom is -0.392 e. The number of hydrogen-bond donors (Lipinski definition) is 2. The van der Waals surface area contributed by atoms with E-state index >= 15 is 0 Å². The summed E-state index contributed by atoms with van der Waals surface area (Å²) in [5.41, 5.74) is 5.35. The molecule has 90 valence electrons. The zero-order chi connectivity index (χ0) is 11.9. The Morgan fingerprint density at radius 1 is 1.40 bits per heavy atom. The molecular formula is C8H19N3O2S2. The Bertz CT molecular complexity index is 290. The molecule has 0 spiro atoms. The molecule has 0 amide bonds. The summed E-state index contributed by atoms with van der Waals surface area (Å²) in [5, 5.41) is 0. The Kier molecular flexibility index (Phi) is 6.99. The third-order valence-corrected chi connectivity index (χ3v) is 3.37. The van der Waals surface area contributed by atoms with E-state index in [4.69, 9.17) is 18.0 Å². The van der Waals surface area contributed by atoms with Gasteiger partial charge < -0.3 is 5.73 Å². The number of nitrogens with two attached hydrogens (primary N) is 1. The number of nitrogens with one attached hydrogen (secondary N) is 1. The molecule has 0 aliphatic heterocycles. The summed E-state index contributed by atoms with van der Waals surface area (Å²) in [7, 11) is -3.43. The predicted molar refractivity (Wildman–Crippen MR) is 65.9 cm³/mol. The van der Waals surface area contributed by atoms with E-state index in [0.29, 0.717) is 13.1 Å². The zero-order valence-electron chi connectivity index (χ0n) is 9.19. The molecule has 0 aromatic rings. The van der Waals surface area contributed by atoms with Gasteiger partial charge in [0.25, 0.3) is 10.2 Å². The van der Waals surface area contributed by atoms with E-state index in [-0.39, 0.29) is 11.5 Å². The lowest BCUT2D eigenvalue weighted by atomic mass is 10.5. The van der Waals surface area contributed by atoms with E-state index in [0.717, 1.165) is 12.8 Å². The van der Waals surface area contributed by atoms with Crippen LogP contribution >= 0.6 is 12.2 Å². The minimum atomic E-state index is -3.43. The standard InChI is InChI=1S/C8H19N3O2S2/c1-3-5-10-15(12,13)11(6-4-2)7-8(9)14/h10H,3-7H2,1-2H3,(H2,9,14). The molecule has 0 aliphatic carbocycles. The number of rotatable bonds is 8. The van der Waals surface area contributed by atoms with Crippen molar-refractivity contribution in [2.45, 2.75) is 26.7 Å². The van der Waals surface area contributed by atoms with Crippen LogP contribution in [0, 0.1) is 0 Å². The van der Waals surface area contributed by atoms with E-state index in [1.54, 1.807) is 0 Å². The van der Waals surface area contributed by atoms with E-state index < -0.39 is 10.2 Å². The van der Waals surface area contributed by atoms with Gasteiger partial charge in [-0.1, -0.05) is 26.1 Å². The maximum Gasteiger partial charge on any atom is 0.279 e. The summed E-state index contributed by atoms with van der Waals surface area (Å²) in [5.74, 6) is 0.